The Morgan fingerprint density at radius 3 is 2.34 bits per heavy atom. The Labute approximate surface area is 190 Å². The van der Waals surface area contributed by atoms with Crippen LogP contribution in [0.25, 0.3) is 6.08 Å². The predicted octanol–water partition coefficient (Wildman–Crippen LogP) is 5.00. The third-order valence-electron chi connectivity index (χ3n) is 5.64. The van der Waals surface area contributed by atoms with Crippen LogP contribution in [0, 0.1) is 0 Å². The SMILES string of the molecule is COCCCN1C(=O)C(O)=C(C(=O)/C=C/c2ccccc2)C1c1ccc(C(C)(C)C)cc1. The van der Waals surface area contributed by atoms with Crippen LogP contribution >= 0.6 is 0 Å². The van der Waals surface area contributed by atoms with E-state index in [0.717, 1.165) is 16.7 Å². The first-order valence-corrected chi connectivity index (χ1v) is 10.8. The average Bonchev–Trinajstić information content (AvgIpc) is 3.03. The molecule has 0 spiro atoms. The van der Waals surface area contributed by atoms with Crippen molar-refractivity contribution in [2.24, 2.45) is 0 Å². The second-order valence-corrected chi connectivity index (χ2v) is 8.99. The lowest BCUT2D eigenvalue weighted by Gasteiger charge is -2.27. The van der Waals surface area contributed by atoms with Gasteiger partial charge in [-0.3, -0.25) is 9.59 Å². The van der Waals surface area contributed by atoms with E-state index in [4.69, 9.17) is 4.74 Å². The van der Waals surface area contributed by atoms with E-state index < -0.39 is 17.7 Å². The number of allylic oxidation sites excluding steroid dienone is 1. The normalized spacial score (nSPS) is 16.9. The molecular weight excluding hydrogens is 402 g/mol. The van der Waals surface area contributed by atoms with E-state index >= 15 is 0 Å². The number of carbonyl (C=O) groups is 2. The van der Waals surface area contributed by atoms with Crippen molar-refractivity contribution >= 4 is 17.8 Å². The lowest BCUT2D eigenvalue weighted by atomic mass is 9.85. The lowest BCUT2D eigenvalue weighted by molar-refractivity contribution is -0.129. The number of amides is 1. The van der Waals surface area contributed by atoms with Gasteiger partial charge in [0.05, 0.1) is 11.6 Å². The molecule has 0 saturated heterocycles. The Hall–Kier alpha value is -3.18. The van der Waals surface area contributed by atoms with E-state index in [-0.39, 0.29) is 16.8 Å². The number of nitrogens with zero attached hydrogens (tertiary/aromatic N) is 1. The second-order valence-electron chi connectivity index (χ2n) is 8.99. The van der Waals surface area contributed by atoms with Crippen LogP contribution in [0.4, 0.5) is 0 Å². The number of carbonyl (C=O) groups excluding carboxylic acids is 2. The molecule has 1 amide bonds. The van der Waals surface area contributed by atoms with Gasteiger partial charge in [0.1, 0.15) is 0 Å². The summed E-state index contributed by atoms with van der Waals surface area (Å²) in [6.45, 7) is 7.26. The second kappa shape index (κ2) is 9.96. The molecule has 0 aliphatic carbocycles. The van der Waals surface area contributed by atoms with Gasteiger partial charge in [-0.05, 0) is 34.6 Å². The summed E-state index contributed by atoms with van der Waals surface area (Å²) in [6.07, 6.45) is 3.72. The summed E-state index contributed by atoms with van der Waals surface area (Å²) in [5.74, 6) is -1.38. The van der Waals surface area contributed by atoms with Crippen molar-refractivity contribution in [2.45, 2.75) is 38.6 Å². The molecule has 1 aliphatic heterocycles. The molecule has 1 heterocycles. The van der Waals surface area contributed by atoms with Gasteiger partial charge in [-0.15, -0.1) is 0 Å². The molecule has 1 unspecified atom stereocenters. The molecule has 0 aromatic heterocycles. The van der Waals surface area contributed by atoms with Gasteiger partial charge in [0, 0.05) is 20.3 Å². The Morgan fingerprint density at radius 1 is 1.09 bits per heavy atom. The average molecular weight is 434 g/mol. The number of hydrogen-bond acceptors (Lipinski definition) is 4. The first-order chi connectivity index (χ1) is 15.2. The highest BCUT2D eigenvalue weighted by Gasteiger charge is 2.42. The minimum Gasteiger partial charge on any atom is -0.503 e. The molecule has 0 saturated carbocycles. The van der Waals surface area contributed by atoms with Gasteiger partial charge >= 0.3 is 0 Å². The monoisotopic (exact) mass is 433 g/mol. The number of aliphatic hydroxyl groups excluding tert-OH is 1. The topological polar surface area (TPSA) is 66.8 Å². The molecule has 5 heteroatoms. The maximum atomic E-state index is 13.2. The number of methoxy groups -OCH3 is 1. The first kappa shape index (κ1) is 23.5. The fourth-order valence-corrected chi connectivity index (χ4v) is 3.85. The lowest BCUT2D eigenvalue weighted by Crippen LogP contribution is -2.32. The molecule has 2 aromatic carbocycles. The summed E-state index contributed by atoms with van der Waals surface area (Å²) in [4.78, 5) is 27.6. The predicted molar refractivity (Wildman–Crippen MR) is 126 cm³/mol. The summed E-state index contributed by atoms with van der Waals surface area (Å²) in [7, 11) is 1.60. The molecule has 1 atom stereocenters. The first-order valence-electron chi connectivity index (χ1n) is 10.8. The molecule has 0 fully saturated rings. The quantitative estimate of drug-likeness (QED) is 0.470. The smallest absolute Gasteiger partial charge is 0.290 e. The summed E-state index contributed by atoms with van der Waals surface area (Å²) in [5, 5.41) is 10.7. The third-order valence-corrected chi connectivity index (χ3v) is 5.64. The van der Waals surface area contributed by atoms with E-state index in [1.165, 1.54) is 6.08 Å². The third kappa shape index (κ3) is 5.17. The van der Waals surface area contributed by atoms with Crippen molar-refractivity contribution in [3.63, 3.8) is 0 Å². The number of aliphatic hydroxyl groups is 1. The molecule has 1 N–H and O–H groups in total. The van der Waals surface area contributed by atoms with Gasteiger partial charge in [0.15, 0.2) is 11.5 Å². The van der Waals surface area contributed by atoms with E-state index in [0.29, 0.717) is 19.6 Å². The summed E-state index contributed by atoms with van der Waals surface area (Å²) >= 11 is 0. The highest BCUT2D eigenvalue weighted by Crippen LogP contribution is 2.38. The van der Waals surface area contributed by atoms with Crippen LogP contribution in [0.1, 0.15) is 49.9 Å². The summed E-state index contributed by atoms with van der Waals surface area (Å²) in [6, 6.07) is 16.7. The maximum absolute atomic E-state index is 13.2. The number of rotatable bonds is 8. The molecular formula is C27H31NO4. The maximum Gasteiger partial charge on any atom is 0.290 e. The van der Waals surface area contributed by atoms with Crippen LogP contribution in [0.3, 0.4) is 0 Å². The van der Waals surface area contributed by atoms with Crippen LogP contribution in [-0.4, -0.2) is 42.0 Å². The van der Waals surface area contributed by atoms with Crippen molar-refractivity contribution in [1.82, 2.24) is 4.90 Å². The van der Waals surface area contributed by atoms with E-state index in [1.54, 1.807) is 18.1 Å². The highest BCUT2D eigenvalue weighted by molar-refractivity contribution is 6.14. The number of hydrogen-bond donors (Lipinski definition) is 1. The van der Waals surface area contributed by atoms with Crippen molar-refractivity contribution in [2.75, 3.05) is 20.3 Å². The number of ether oxygens (including phenoxy) is 1. The fraction of sp³-hybridized carbons (Fsp3) is 0.333. The standard InChI is InChI=1S/C27H31NO4/c1-27(2,3)21-14-12-20(13-15-21)24-23(22(29)16-11-19-9-6-5-7-10-19)25(30)26(31)28(24)17-8-18-32-4/h5-7,9-16,24,30H,8,17-18H2,1-4H3/b16-11+. The van der Waals surface area contributed by atoms with Gasteiger partial charge in [0.2, 0.25) is 0 Å². The van der Waals surface area contributed by atoms with E-state index in [2.05, 4.69) is 20.8 Å². The zero-order valence-corrected chi connectivity index (χ0v) is 19.2. The minimum absolute atomic E-state index is 0.0166. The fourth-order valence-electron chi connectivity index (χ4n) is 3.85. The Bertz CT molecular complexity index is 1010. The highest BCUT2D eigenvalue weighted by atomic mass is 16.5. The molecule has 1 aliphatic rings. The molecule has 5 nitrogen and oxygen atoms in total. The van der Waals surface area contributed by atoms with Crippen LogP contribution in [-0.2, 0) is 19.7 Å². The zero-order chi connectivity index (χ0) is 23.3. The minimum atomic E-state index is -0.638. The van der Waals surface area contributed by atoms with Crippen molar-refractivity contribution in [3.8, 4) is 0 Å². The van der Waals surface area contributed by atoms with E-state index in [9.17, 15) is 14.7 Å². The Balaban J connectivity index is 1.97. The largest absolute Gasteiger partial charge is 0.503 e. The zero-order valence-electron chi connectivity index (χ0n) is 19.2. The van der Waals surface area contributed by atoms with Gasteiger partial charge < -0.3 is 14.7 Å². The molecule has 3 rings (SSSR count). The van der Waals surface area contributed by atoms with Crippen LogP contribution in [0.5, 0.6) is 0 Å². The van der Waals surface area contributed by atoms with Crippen molar-refractivity contribution in [1.29, 1.82) is 0 Å². The molecule has 168 valence electrons. The van der Waals surface area contributed by atoms with Crippen LogP contribution in [0.2, 0.25) is 0 Å². The molecule has 0 bridgehead atoms. The molecule has 0 radical (unpaired) electrons. The van der Waals surface area contributed by atoms with Crippen molar-refractivity contribution < 1.29 is 19.4 Å². The van der Waals surface area contributed by atoms with Gasteiger partial charge in [-0.1, -0.05) is 81.4 Å². The number of ketones is 1. The Kier molecular flexibility index (Phi) is 7.31. The van der Waals surface area contributed by atoms with Gasteiger partial charge in [-0.2, -0.15) is 0 Å². The van der Waals surface area contributed by atoms with Crippen LogP contribution in [0.15, 0.2) is 72.0 Å². The van der Waals surface area contributed by atoms with Crippen molar-refractivity contribution in [3.05, 3.63) is 88.7 Å². The summed E-state index contributed by atoms with van der Waals surface area (Å²) < 4.78 is 5.13. The van der Waals surface area contributed by atoms with Crippen LogP contribution < -0.4 is 0 Å². The molecule has 32 heavy (non-hydrogen) atoms. The van der Waals surface area contributed by atoms with Gasteiger partial charge in [-0.25, -0.2) is 0 Å². The molecule has 2 aromatic rings. The Morgan fingerprint density at radius 2 is 1.75 bits per heavy atom. The number of benzene rings is 2. The summed E-state index contributed by atoms with van der Waals surface area (Å²) in [5.41, 5.74) is 2.92. The van der Waals surface area contributed by atoms with E-state index in [1.807, 2.05) is 54.6 Å². The van der Waals surface area contributed by atoms with Gasteiger partial charge in [0.25, 0.3) is 5.91 Å².